The Kier molecular flexibility index (Phi) is 5.29. The molecule has 0 aromatic carbocycles. The second-order valence-corrected chi connectivity index (χ2v) is 7.01. The Hall–Kier alpha value is -2.84. The molecule has 1 aliphatic heterocycles. The maximum absolute atomic E-state index is 13.5. The van der Waals surface area contributed by atoms with Gasteiger partial charge in [0.25, 0.3) is 6.43 Å². The van der Waals surface area contributed by atoms with Crippen molar-refractivity contribution in [3.8, 4) is 11.3 Å². The van der Waals surface area contributed by atoms with Gasteiger partial charge in [0.2, 0.25) is 5.91 Å². The Morgan fingerprint density at radius 1 is 1.31 bits per heavy atom. The topological polar surface area (TPSA) is 59.7 Å². The van der Waals surface area contributed by atoms with Crippen molar-refractivity contribution in [1.82, 2.24) is 19.3 Å². The molecule has 0 unspecified atom stereocenters. The van der Waals surface area contributed by atoms with Crippen LogP contribution in [0.15, 0.2) is 55.5 Å². The molecule has 0 bridgehead atoms. The number of imidazole rings is 1. The number of hydrogen-bond acceptors (Lipinski definition) is 4. The lowest BCUT2D eigenvalue weighted by molar-refractivity contribution is -0.151. The number of alkyl halides is 2. The molecule has 1 saturated heterocycles. The average Bonchev–Trinajstić information content (AvgIpc) is 3.20. The fourth-order valence-electron chi connectivity index (χ4n) is 3.49. The van der Waals surface area contributed by atoms with Gasteiger partial charge in [-0.15, -0.1) is 0 Å². The van der Waals surface area contributed by atoms with E-state index in [1.165, 1.54) is 0 Å². The number of rotatable bonds is 4. The summed E-state index contributed by atoms with van der Waals surface area (Å²) in [4.78, 5) is 22.1. The van der Waals surface area contributed by atoms with E-state index in [-0.39, 0.29) is 18.4 Å². The zero-order chi connectivity index (χ0) is 20.5. The first kappa shape index (κ1) is 19.5. The van der Waals surface area contributed by atoms with Crippen molar-refractivity contribution < 1.29 is 18.3 Å². The molecule has 150 valence electrons. The molecule has 1 aliphatic rings. The lowest BCUT2D eigenvalue weighted by Crippen LogP contribution is -2.53. The molecule has 29 heavy (non-hydrogen) atoms. The van der Waals surface area contributed by atoms with Gasteiger partial charge in [0.1, 0.15) is 16.8 Å². The highest BCUT2D eigenvalue weighted by Crippen LogP contribution is 2.33. The van der Waals surface area contributed by atoms with E-state index in [1.807, 2.05) is 28.9 Å². The van der Waals surface area contributed by atoms with Crippen LogP contribution in [0, 0.1) is 0 Å². The van der Waals surface area contributed by atoms with Crippen LogP contribution in [0.2, 0.25) is 5.15 Å². The average molecular weight is 419 g/mol. The number of aromatic nitrogens is 3. The lowest BCUT2D eigenvalue weighted by atomic mass is 10.0. The van der Waals surface area contributed by atoms with Crippen molar-refractivity contribution in [2.75, 3.05) is 13.2 Å². The number of fused-ring (bicyclic) bond motifs is 1. The molecule has 0 spiro atoms. The molecule has 0 saturated carbocycles. The molecule has 9 heteroatoms. The van der Waals surface area contributed by atoms with Crippen LogP contribution < -0.4 is 0 Å². The van der Waals surface area contributed by atoms with Gasteiger partial charge >= 0.3 is 0 Å². The summed E-state index contributed by atoms with van der Waals surface area (Å²) in [6, 6.07) is 4.88. The highest BCUT2D eigenvalue weighted by Gasteiger charge is 2.40. The van der Waals surface area contributed by atoms with Crippen molar-refractivity contribution >= 4 is 23.2 Å². The van der Waals surface area contributed by atoms with Crippen LogP contribution in [0.1, 0.15) is 11.6 Å². The number of carbonyl (C=O) groups is 1. The number of pyridine rings is 2. The molecule has 0 aliphatic carbocycles. The summed E-state index contributed by atoms with van der Waals surface area (Å²) in [6.45, 7) is 3.27. The normalized spacial score (nSPS) is 19.7. The fourth-order valence-corrected chi connectivity index (χ4v) is 3.71. The quantitative estimate of drug-likeness (QED) is 0.478. The van der Waals surface area contributed by atoms with E-state index in [4.69, 9.17) is 16.3 Å². The number of hydrogen-bond donors (Lipinski definition) is 0. The van der Waals surface area contributed by atoms with E-state index in [0.717, 1.165) is 22.2 Å². The van der Waals surface area contributed by atoms with Gasteiger partial charge in [-0.3, -0.25) is 4.79 Å². The lowest BCUT2D eigenvalue weighted by Gasteiger charge is -2.41. The molecule has 4 rings (SSSR count). The van der Waals surface area contributed by atoms with Crippen molar-refractivity contribution in [3.05, 3.63) is 66.2 Å². The van der Waals surface area contributed by atoms with E-state index in [9.17, 15) is 13.6 Å². The summed E-state index contributed by atoms with van der Waals surface area (Å²) in [5.74, 6) is -0.586. The fraction of sp³-hybridized carbons (Fsp3) is 0.250. The molecule has 1 fully saturated rings. The molecule has 3 aromatic heterocycles. The minimum absolute atomic E-state index is 0.0713. The first-order chi connectivity index (χ1) is 14.0. The Morgan fingerprint density at radius 3 is 2.90 bits per heavy atom. The number of carbonyl (C=O) groups excluding carboxylic acids is 1. The second kappa shape index (κ2) is 7.88. The van der Waals surface area contributed by atoms with Crippen LogP contribution in [-0.4, -0.2) is 50.9 Å². The van der Waals surface area contributed by atoms with Crippen LogP contribution in [0.3, 0.4) is 0 Å². The predicted molar refractivity (Wildman–Crippen MR) is 104 cm³/mol. The summed E-state index contributed by atoms with van der Waals surface area (Å²) >= 11 is 6.23. The molecule has 2 atom stereocenters. The minimum Gasteiger partial charge on any atom is -0.377 e. The SMILES string of the molecule is C=CC(=O)N1[C@H](c2cc(Cl)nc(-c3ccn4ccnc4c3)c2)COC[C@H]1C(F)F. The van der Waals surface area contributed by atoms with Crippen molar-refractivity contribution in [3.63, 3.8) is 0 Å². The molecular weight excluding hydrogens is 402 g/mol. The summed E-state index contributed by atoms with van der Waals surface area (Å²) in [5.41, 5.74) is 2.59. The molecule has 0 radical (unpaired) electrons. The second-order valence-electron chi connectivity index (χ2n) is 6.62. The zero-order valence-corrected chi connectivity index (χ0v) is 16.0. The van der Waals surface area contributed by atoms with Gasteiger partial charge in [0.05, 0.1) is 24.9 Å². The zero-order valence-electron chi connectivity index (χ0n) is 15.2. The third-order valence-electron chi connectivity index (χ3n) is 4.87. The number of halogens is 3. The van der Waals surface area contributed by atoms with Gasteiger partial charge in [-0.2, -0.15) is 0 Å². The molecule has 1 amide bonds. The van der Waals surface area contributed by atoms with Crippen LogP contribution in [0.25, 0.3) is 16.9 Å². The smallest absolute Gasteiger partial charge is 0.260 e. The summed E-state index contributed by atoms with van der Waals surface area (Å²) in [5, 5.41) is 0.186. The number of morpholine rings is 1. The monoisotopic (exact) mass is 418 g/mol. The van der Waals surface area contributed by atoms with E-state index in [1.54, 1.807) is 18.3 Å². The summed E-state index contributed by atoms with van der Waals surface area (Å²) in [7, 11) is 0. The van der Waals surface area contributed by atoms with Gasteiger partial charge in [0.15, 0.2) is 0 Å². The molecular formula is C20H17ClF2N4O2. The summed E-state index contributed by atoms with van der Waals surface area (Å²) in [6.07, 6.45) is 3.62. The van der Waals surface area contributed by atoms with Crippen LogP contribution in [-0.2, 0) is 9.53 Å². The van der Waals surface area contributed by atoms with Gasteiger partial charge in [0, 0.05) is 24.2 Å². The Bertz CT molecular complexity index is 1070. The Morgan fingerprint density at radius 2 is 2.14 bits per heavy atom. The highest BCUT2D eigenvalue weighted by molar-refractivity contribution is 6.29. The third-order valence-corrected chi connectivity index (χ3v) is 5.07. The first-order valence-corrected chi connectivity index (χ1v) is 9.27. The number of nitrogens with zero attached hydrogens (tertiary/aromatic N) is 4. The van der Waals surface area contributed by atoms with Crippen molar-refractivity contribution in [2.45, 2.75) is 18.5 Å². The predicted octanol–water partition coefficient (Wildman–Crippen LogP) is 3.77. The molecule has 0 N–H and O–H groups in total. The van der Waals surface area contributed by atoms with Gasteiger partial charge in [-0.05, 0) is 35.9 Å². The molecule has 4 heterocycles. The summed E-state index contributed by atoms with van der Waals surface area (Å²) < 4.78 is 34.3. The van der Waals surface area contributed by atoms with E-state index >= 15 is 0 Å². The maximum Gasteiger partial charge on any atom is 0.260 e. The van der Waals surface area contributed by atoms with Gasteiger partial charge in [-0.1, -0.05) is 18.2 Å². The van der Waals surface area contributed by atoms with Crippen LogP contribution >= 0.6 is 11.6 Å². The van der Waals surface area contributed by atoms with Gasteiger partial charge < -0.3 is 14.0 Å². The highest BCUT2D eigenvalue weighted by atomic mass is 35.5. The maximum atomic E-state index is 13.5. The van der Waals surface area contributed by atoms with Crippen molar-refractivity contribution in [1.29, 1.82) is 0 Å². The van der Waals surface area contributed by atoms with Crippen LogP contribution in [0.4, 0.5) is 8.78 Å². The van der Waals surface area contributed by atoms with E-state index in [2.05, 4.69) is 16.5 Å². The molecule has 3 aromatic rings. The number of amides is 1. The number of ether oxygens (including phenoxy) is 1. The minimum atomic E-state index is -2.75. The molecule has 6 nitrogen and oxygen atoms in total. The standard InChI is InChI=1S/C20H17ClF2N4O2/c1-2-19(28)27-15(10-29-11-16(27)20(22)23)13-7-14(25-17(21)8-13)12-3-5-26-6-4-24-18(26)9-12/h2-9,15-16,20H,1,10-11H2/t15-,16-/m0/s1. The first-order valence-electron chi connectivity index (χ1n) is 8.89. The van der Waals surface area contributed by atoms with E-state index < -0.39 is 24.4 Å². The van der Waals surface area contributed by atoms with Crippen LogP contribution in [0.5, 0.6) is 0 Å². The Balaban J connectivity index is 1.77. The third kappa shape index (κ3) is 3.73. The van der Waals surface area contributed by atoms with Gasteiger partial charge in [-0.25, -0.2) is 18.7 Å². The Labute approximate surface area is 170 Å². The van der Waals surface area contributed by atoms with E-state index in [0.29, 0.717) is 11.3 Å². The largest absolute Gasteiger partial charge is 0.377 e. The van der Waals surface area contributed by atoms with Crippen molar-refractivity contribution in [2.24, 2.45) is 0 Å².